The molecule has 4 heterocycles. The summed E-state index contributed by atoms with van der Waals surface area (Å²) in [6.07, 6.45) is -0.774. The van der Waals surface area contributed by atoms with Gasteiger partial charge in [-0.15, -0.1) is 0 Å². The van der Waals surface area contributed by atoms with Crippen molar-refractivity contribution in [3.63, 3.8) is 0 Å². The molecule has 0 radical (unpaired) electrons. The van der Waals surface area contributed by atoms with E-state index >= 15 is 4.39 Å². The number of fused-ring (bicyclic) bond motifs is 1. The lowest BCUT2D eigenvalue weighted by atomic mass is 9.89. The highest BCUT2D eigenvalue weighted by Gasteiger charge is 2.28. The average molecular weight is 545 g/mol. The molecule has 38 heavy (non-hydrogen) atoms. The van der Waals surface area contributed by atoms with E-state index in [2.05, 4.69) is 10.1 Å². The molecule has 1 aliphatic heterocycles. The van der Waals surface area contributed by atoms with Crippen LogP contribution in [0.2, 0.25) is 5.02 Å². The van der Waals surface area contributed by atoms with Crippen LogP contribution in [0.3, 0.4) is 0 Å². The van der Waals surface area contributed by atoms with Crippen LogP contribution < -0.4 is 11.1 Å². The summed E-state index contributed by atoms with van der Waals surface area (Å²) in [6.45, 7) is 3.00. The molecule has 2 atom stereocenters. The van der Waals surface area contributed by atoms with Gasteiger partial charge in [0.25, 0.3) is 17.5 Å². The molecule has 5 rings (SSSR count). The smallest absolute Gasteiger partial charge is 0.277 e. The molecular formula is C27H24ClF3N4O3. The number of nitrogens with zero attached hydrogens (tertiary/aromatic N) is 4. The molecule has 198 valence electrons. The number of halogens is 4. The Morgan fingerprint density at radius 2 is 1.92 bits per heavy atom. The number of aromatic nitrogens is 4. The van der Waals surface area contributed by atoms with Gasteiger partial charge in [-0.1, -0.05) is 11.6 Å². The zero-order valence-electron chi connectivity index (χ0n) is 20.6. The molecule has 0 amide bonds. The maximum atomic E-state index is 15.0. The third-order valence-electron chi connectivity index (χ3n) is 6.92. The summed E-state index contributed by atoms with van der Waals surface area (Å²) in [5, 5.41) is 4.85. The summed E-state index contributed by atoms with van der Waals surface area (Å²) < 4.78 is 49.0. The van der Waals surface area contributed by atoms with E-state index in [1.54, 1.807) is 32.0 Å². The molecule has 0 bridgehead atoms. The van der Waals surface area contributed by atoms with Crippen LogP contribution in [-0.4, -0.2) is 32.2 Å². The van der Waals surface area contributed by atoms with E-state index in [9.17, 15) is 18.4 Å². The fourth-order valence-electron chi connectivity index (χ4n) is 4.76. The molecule has 1 saturated heterocycles. The molecule has 1 fully saturated rings. The number of ether oxygens (including phenoxy) is 1. The molecule has 1 aromatic carbocycles. The van der Waals surface area contributed by atoms with Gasteiger partial charge in [0, 0.05) is 52.2 Å². The summed E-state index contributed by atoms with van der Waals surface area (Å²) in [6, 6.07) is 8.85. The number of pyridine rings is 1. The Morgan fingerprint density at radius 3 is 2.66 bits per heavy atom. The van der Waals surface area contributed by atoms with Gasteiger partial charge >= 0.3 is 0 Å². The van der Waals surface area contributed by atoms with Crippen LogP contribution in [0.15, 0.2) is 52.2 Å². The van der Waals surface area contributed by atoms with Gasteiger partial charge in [0.05, 0.1) is 18.3 Å². The molecule has 1 aliphatic rings. The van der Waals surface area contributed by atoms with E-state index in [0.717, 1.165) is 4.57 Å². The van der Waals surface area contributed by atoms with Gasteiger partial charge in [0.1, 0.15) is 5.82 Å². The SMILES string of the molecule is Cc1nc2c(-c3ccc(Cl)cc3F)cc([C@H]3CCO[C@@H](c4ccc(=O)n(CC(F)F)c4)C3)nn2c(=O)c1C. The Morgan fingerprint density at radius 1 is 1.13 bits per heavy atom. The number of benzene rings is 1. The van der Waals surface area contributed by atoms with Crippen molar-refractivity contribution in [1.29, 1.82) is 0 Å². The van der Waals surface area contributed by atoms with Crippen molar-refractivity contribution in [2.24, 2.45) is 0 Å². The van der Waals surface area contributed by atoms with Gasteiger partial charge in [0.2, 0.25) is 0 Å². The molecule has 0 N–H and O–H groups in total. The molecule has 0 unspecified atom stereocenters. The van der Waals surface area contributed by atoms with Crippen LogP contribution in [0.4, 0.5) is 13.2 Å². The van der Waals surface area contributed by atoms with E-state index in [0.29, 0.717) is 47.5 Å². The summed E-state index contributed by atoms with van der Waals surface area (Å²) in [5.41, 5.74) is 2.06. The Hall–Kier alpha value is -3.50. The summed E-state index contributed by atoms with van der Waals surface area (Å²) in [4.78, 5) is 29.7. The fraction of sp³-hybridized carbons (Fsp3) is 0.333. The first-order chi connectivity index (χ1) is 18.1. The van der Waals surface area contributed by atoms with Crippen molar-refractivity contribution < 1.29 is 17.9 Å². The van der Waals surface area contributed by atoms with E-state index in [4.69, 9.17) is 16.3 Å². The lowest BCUT2D eigenvalue weighted by Gasteiger charge is -2.30. The standard InChI is InChI=1S/C27H24ClF3N4O3/c1-14-15(2)32-26-20(19-5-4-18(28)10-21(19)29)11-22(33-35(26)27(14)37)16-7-8-38-23(9-16)17-3-6-25(36)34(12-17)13-24(30)31/h3-6,10-12,16,23-24H,7-9,13H2,1-2H3/t16-,23+/m0/s1. The summed E-state index contributed by atoms with van der Waals surface area (Å²) in [5.74, 6) is -0.758. The van der Waals surface area contributed by atoms with Gasteiger partial charge in [-0.05, 0) is 62.6 Å². The Kier molecular flexibility index (Phi) is 7.11. The van der Waals surface area contributed by atoms with Crippen molar-refractivity contribution in [2.75, 3.05) is 6.61 Å². The molecule has 11 heteroatoms. The second-order valence-electron chi connectivity index (χ2n) is 9.39. The minimum Gasteiger partial charge on any atom is -0.373 e. The third kappa shape index (κ3) is 4.98. The molecule has 7 nitrogen and oxygen atoms in total. The van der Waals surface area contributed by atoms with Gasteiger partial charge in [-0.2, -0.15) is 9.61 Å². The van der Waals surface area contributed by atoms with Crippen LogP contribution in [0.5, 0.6) is 0 Å². The van der Waals surface area contributed by atoms with Crippen molar-refractivity contribution in [3.8, 4) is 11.1 Å². The zero-order chi connectivity index (χ0) is 27.1. The summed E-state index contributed by atoms with van der Waals surface area (Å²) >= 11 is 5.97. The molecule has 0 aliphatic carbocycles. The third-order valence-corrected chi connectivity index (χ3v) is 7.15. The largest absolute Gasteiger partial charge is 0.373 e. The Labute approximate surface area is 220 Å². The van der Waals surface area contributed by atoms with E-state index in [1.165, 1.54) is 28.9 Å². The molecule has 3 aromatic heterocycles. The zero-order valence-corrected chi connectivity index (χ0v) is 21.4. The Bertz CT molecular complexity index is 1650. The van der Waals surface area contributed by atoms with Crippen molar-refractivity contribution in [1.82, 2.24) is 19.2 Å². The normalized spacial score (nSPS) is 17.9. The molecule has 4 aromatic rings. The summed E-state index contributed by atoms with van der Waals surface area (Å²) in [7, 11) is 0. The van der Waals surface area contributed by atoms with Crippen LogP contribution in [0.1, 0.15) is 47.4 Å². The molecule has 0 saturated carbocycles. The predicted octanol–water partition coefficient (Wildman–Crippen LogP) is 5.23. The number of hydrogen-bond donors (Lipinski definition) is 0. The second-order valence-corrected chi connectivity index (χ2v) is 9.83. The maximum Gasteiger partial charge on any atom is 0.277 e. The minimum atomic E-state index is -2.67. The first-order valence-corrected chi connectivity index (χ1v) is 12.5. The lowest BCUT2D eigenvalue weighted by Crippen LogP contribution is -2.27. The molecular weight excluding hydrogens is 521 g/mol. The first kappa shape index (κ1) is 26.1. The van der Waals surface area contributed by atoms with Crippen molar-refractivity contribution in [3.05, 3.63) is 96.7 Å². The average Bonchev–Trinajstić information content (AvgIpc) is 2.88. The van der Waals surface area contributed by atoms with Gasteiger partial charge in [0.15, 0.2) is 5.65 Å². The second kappa shape index (κ2) is 10.3. The van der Waals surface area contributed by atoms with E-state index < -0.39 is 30.5 Å². The van der Waals surface area contributed by atoms with Gasteiger partial charge in [-0.25, -0.2) is 18.2 Å². The highest BCUT2D eigenvalue weighted by atomic mass is 35.5. The van der Waals surface area contributed by atoms with Gasteiger partial charge in [-0.3, -0.25) is 9.59 Å². The highest BCUT2D eigenvalue weighted by Crippen LogP contribution is 2.38. The first-order valence-electron chi connectivity index (χ1n) is 12.1. The predicted molar refractivity (Wildman–Crippen MR) is 137 cm³/mol. The van der Waals surface area contributed by atoms with Crippen LogP contribution >= 0.6 is 11.6 Å². The number of hydrogen-bond acceptors (Lipinski definition) is 5. The number of rotatable bonds is 5. The van der Waals surface area contributed by atoms with Crippen molar-refractivity contribution >= 4 is 17.2 Å². The molecule has 0 spiro atoms. The quantitative estimate of drug-likeness (QED) is 0.344. The number of aryl methyl sites for hydroxylation is 1. The number of alkyl halides is 2. The maximum absolute atomic E-state index is 15.0. The lowest BCUT2D eigenvalue weighted by molar-refractivity contribution is 0.00390. The fourth-order valence-corrected chi connectivity index (χ4v) is 4.92. The van der Waals surface area contributed by atoms with Crippen LogP contribution in [-0.2, 0) is 11.3 Å². The van der Waals surface area contributed by atoms with E-state index in [-0.39, 0.29) is 27.7 Å². The monoisotopic (exact) mass is 544 g/mol. The van der Waals surface area contributed by atoms with Gasteiger partial charge < -0.3 is 9.30 Å². The Balaban J connectivity index is 1.60. The topological polar surface area (TPSA) is 78.5 Å². The minimum absolute atomic E-state index is 0.198. The van der Waals surface area contributed by atoms with Crippen molar-refractivity contribution in [2.45, 2.75) is 51.7 Å². The van der Waals surface area contributed by atoms with Crippen LogP contribution in [0, 0.1) is 19.7 Å². The highest BCUT2D eigenvalue weighted by molar-refractivity contribution is 6.30. The van der Waals surface area contributed by atoms with E-state index in [1.807, 2.05) is 0 Å². The van der Waals surface area contributed by atoms with Crippen LogP contribution in [0.25, 0.3) is 16.8 Å².